The molecule has 0 fully saturated rings. The van der Waals surface area contributed by atoms with Gasteiger partial charge in [-0.3, -0.25) is 9.48 Å². The van der Waals surface area contributed by atoms with Crippen LogP contribution < -0.4 is 5.32 Å². The maximum Gasteiger partial charge on any atom is 0.340 e. The Hall–Kier alpha value is -3.23. The summed E-state index contributed by atoms with van der Waals surface area (Å²) in [6, 6.07) is 3.22. The molecule has 1 unspecified atom stereocenters. The Kier molecular flexibility index (Phi) is 4.22. The van der Waals surface area contributed by atoms with Gasteiger partial charge in [-0.1, -0.05) is 5.16 Å². The van der Waals surface area contributed by atoms with Crippen molar-refractivity contribution >= 4 is 28.7 Å². The van der Waals surface area contributed by atoms with E-state index in [1.165, 1.54) is 13.1 Å². The van der Waals surface area contributed by atoms with E-state index in [1.54, 1.807) is 30.8 Å². The van der Waals surface area contributed by atoms with E-state index >= 15 is 0 Å². The highest BCUT2D eigenvalue weighted by atomic mass is 16.5. The van der Waals surface area contributed by atoms with Gasteiger partial charge in [0.15, 0.2) is 17.6 Å². The third-order valence-corrected chi connectivity index (χ3v) is 3.63. The Bertz CT molecular complexity index is 959. The summed E-state index contributed by atoms with van der Waals surface area (Å²) in [5.41, 5.74) is 1.67. The highest BCUT2D eigenvalue weighted by Gasteiger charge is 2.21. The number of aromatic nitrogens is 4. The first-order valence-electron chi connectivity index (χ1n) is 7.59. The van der Waals surface area contributed by atoms with Crippen LogP contribution >= 0.6 is 0 Å². The van der Waals surface area contributed by atoms with E-state index in [0.717, 1.165) is 11.1 Å². The summed E-state index contributed by atoms with van der Waals surface area (Å²) in [4.78, 5) is 28.6. The maximum absolute atomic E-state index is 12.3. The minimum absolute atomic E-state index is 0.250. The Morgan fingerprint density at radius 1 is 1.32 bits per heavy atom. The molecule has 0 aliphatic heterocycles. The summed E-state index contributed by atoms with van der Waals surface area (Å²) in [5, 5.41) is 11.2. The van der Waals surface area contributed by atoms with Crippen LogP contribution in [0.25, 0.3) is 11.0 Å². The SMILES string of the molecule is Cc1cc(NC(=O)C(C)OC(=O)c2cnc3c(c2)c(C)nn3C)no1. The first kappa shape index (κ1) is 16.6. The van der Waals surface area contributed by atoms with Gasteiger partial charge in [0.1, 0.15) is 5.76 Å². The molecular formula is C16H17N5O4. The number of anilines is 1. The van der Waals surface area contributed by atoms with Gasteiger partial charge >= 0.3 is 5.97 Å². The van der Waals surface area contributed by atoms with Crippen molar-refractivity contribution in [2.24, 2.45) is 7.05 Å². The van der Waals surface area contributed by atoms with Crippen molar-refractivity contribution in [2.75, 3.05) is 5.32 Å². The van der Waals surface area contributed by atoms with Gasteiger partial charge in [0, 0.05) is 24.7 Å². The summed E-state index contributed by atoms with van der Waals surface area (Å²) in [6.45, 7) is 5.01. The number of hydrogen-bond acceptors (Lipinski definition) is 7. The van der Waals surface area contributed by atoms with E-state index in [1.807, 2.05) is 6.92 Å². The van der Waals surface area contributed by atoms with Crippen LogP contribution in [0.5, 0.6) is 0 Å². The van der Waals surface area contributed by atoms with E-state index in [-0.39, 0.29) is 11.4 Å². The van der Waals surface area contributed by atoms with Gasteiger partial charge in [0.05, 0.1) is 11.3 Å². The third kappa shape index (κ3) is 3.35. The molecule has 1 atom stereocenters. The second-order valence-corrected chi connectivity index (χ2v) is 5.66. The van der Waals surface area contributed by atoms with Crippen molar-refractivity contribution < 1.29 is 18.8 Å². The van der Waals surface area contributed by atoms with Crippen LogP contribution in [0.1, 0.15) is 28.7 Å². The Morgan fingerprint density at radius 2 is 2.08 bits per heavy atom. The molecule has 1 amide bonds. The smallest absolute Gasteiger partial charge is 0.340 e. The number of hydrogen-bond donors (Lipinski definition) is 1. The van der Waals surface area contributed by atoms with Crippen LogP contribution in [0, 0.1) is 13.8 Å². The lowest BCUT2D eigenvalue weighted by atomic mass is 10.2. The Morgan fingerprint density at radius 3 is 2.76 bits per heavy atom. The third-order valence-electron chi connectivity index (χ3n) is 3.63. The molecule has 0 saturated carbocycles. The summed E-state index contributed by atoms with van der Waals surface area (Å²) in [5.74, 6) is -0.324. The number of amides is 1. The number of rotatable bonds is 4. The van der Waals surface area contributed by atoms with E-state index in [0.29, 0.717) is 11.4 Å². The van der Waals surface area contributed by atoms with Gasteiger partial charge in [-0.25, -0.2) is 9.78 Å². The molecule has 1 N–H and O–H groups in total. The molecule has 3 heterocycles. The standard InChI is InChI=1S/C16H17N5O4/c1-8-5-13(20-25-8)18-15(22)10(3)24-16(23)11-6-12-9(2)19-21(4)14(12)17-7-11/h5-7,10H,1-4H3,(H,18,20,22). The van der Waals surface area contributed by atoms with Crippen molar-refractivity contribution in [1.82, 2.24) is 19.9 Å². The summed E-state index contributed by atoms with van der Waals surface area (Å²) >= 11 is 0. The average Bonchev–Trinajstić information content (AvgIpc) is 3.10. The molecule has 9 heteroatoms. The second kappa shape index (κ2) is 6.34. The lowest BCUT2D eigenvalue weighted by Crippen LogP contribution is -2.30. The molecule has 0 aliphatic carbocycles. The zero-order chi connectivity index (χ0) is 18.1. The van der Waals surface area contributed by atoms with Crippen LogP contribution in [0.4, 0.5) is 5.82 Å². The zero-order valence-electron chi connectivity index (χ0n) is 14.2. The van der Waals surface area contributed by atoms with Crippen molar-refractivity contribution in [2.45, 2.75) is 26.9 Å². The Labute approximate surface area is 143 Å². The molecule has 0 aromatic carbocycles. The molecule has 3 aromatic rings. The van der Waals surface area contributed by atoms with Crippen LogP contribution in [-0.4, -0.2) is 37.9 Å². The van der Waals surface area contributed by atoms with Gasteiger partial charge in [0.2, 0.25) is 0 Å². The minimum Gasteiger partial charge on any atom is -0.449 e. The number of nitrogens with one attached hydrogen (secondary N) is 1. The molecule has 0 saturated heterocycles. The minimum atomic E-state index is -1.00. The fraction of sp³-hybridized carbons (Fsp3) is 0.312. The first-order chi connectivity index (χ1) is 11.8. The van der Waals surface area contributed by atoms with Gasteiger partial charge in [-0.2, -0.15) is 5.10 Å². The normalized spacial score (nSPS) is 12.2. The van der Waals surface area contributed by atoms with Gasteiger partial charge in [-0.15, -0.1) is 0 Å². The number of ether oxygens (including phenoxy) is 1. The van der Waals surface area contributed by atoms with E-state index < -0.39 is 18.0 Å². The molecule has 0 spiro atoms. The number of nitrogens with zero attached hydrogens (tertiary/aromatic N) is 4. The van der Waals surface area contributed by atoms with Crippen LogP contribution in [0.2, 0.25) is 0 Å². The number of aryl methyl sites for hydroxylation is 3. The second-order valence-electron chi connectivity index (χ2n) is 5.66. The van der Waals surface area contributed by atoms with Crippen molar-refractivity contribution in [3.05, 3.63) is 35.3 Å². The van der Waals surface area contributed by atoms with Crippen LogP contribution in [0.3, 0.4) is 0 Å². The summed E-state index contributed by atoms with van der Waals surface area (Å²) in [7, 11) is 1.78. The number of carbonyl (C=O) groups is 2. The number of pyridine rings is 1. The van der Waals surface area contributed by atoms with E-state index in [2.05, 4.69) is 20.6 Å². The molecule has 25 heavy (non-hydrogen) atoms. The molecule has 130 valence electrons. The quantitative estimate of drug-likeness (QED) is 0.718. The van der Waals surface area contributed by atoms with Crippen molar-refractivity contribution in [3.63, 3.8) is 0 Å². The number of carbonyl (C=O) groups excluding carboxylic acids is 2. The highest BCUT2D eigenvalue weighted by molar-refractivity contribution is 5.98. The monoisotopic (exact) mass is 343 g/mol. The lowest BCUT2D eigenvalue weighted by molar-refractivity contribution is -0.123. The Balaban J connectivity index is 1.70. The summed E-state index contributed by atoms with van der Waals surface area (Å²) in [6.07, 6.45) is 0.396. The average molecular weight is 343 g/mol. The summed E-state index contributed by atoms with van der Waals surface area (Å²) < 4.78 is 11.7. The lowest BCUT2D eigenvalue weighted by Gasteiger charge is -2.12. The maximum atomic E-state index is 12.3. The number of fused-ring (bicyclic) bond motifs is 1. The van der Waals surface area contributed by atoms with Crippen LogP contribution in [0.15, 0.2) is 22.9 Å². The van der Waals surface area contributed by atoms with Crippen molar-refractivity contribution in [1.29, 1.82) is 0 Å². The fourth-order valence-corrected chi connectivity index (χ4v) is 2.35. The van der Waals surface area contributed by atoms with E-state index in [4.69, 9.17) is 9.26 Å². The molecule has 3 aromatic heterocycles. The fourth-order valence-electron chi connectivity index (χ4n) is 2.35. The van der Waals surface area contributed by atoms with E-state index in [9.17, 15) is 9.59 Å². The molecule has 0 bridgehead atoms. The van der Waals surface area contributed by atoms with Gasteiger partial charge in [-0.05, 0) is 26.8 Å². The topological polar surface area (TPSA) is 112 Å². The molecular weight excluding hydrogens is 326 g/mol. The molecule has 0 radical (unpaired) electrons. The first-order valence-corrected chi connectivity index (χ1v) is 7.59. The van der Waals surface area contributed by atoms with Gasteiger partial charge < -0.3 is 14.6 Å². The zero-order valence-corrected chi connectivity index (χ0v) is 14.2. The van der Waals surface area contributed by atoms with Crippen LogP contribution in [-0.2, 0) is 16.6 Å². The highest BCUT2D eigenvalue weighted by Crippen LogP contribution is 2.17. The largest absolute Gasteiger partial charge is 0.449 e. The number of esters is 1. The van der Waals surface area contributed by atoms with Crippen molar-refractivity contribution in [3.8, 4) is 0 Å². The molecule has 9 nitrogen and oxygen atoms in total. The predicted molar refractivity (Wildman–Crippen MR) is 88.0 cm³/mol. The predicted octanol–water partition coefficient (Wildman–Crippen LogP) is 1.76. The molecule has 0 aliphatic rings. The molecule has 3 rings (SSSR count). The van der Waals surface area contributed by atoms with Gasteiger partial charge in [0.25, 0.3) is 5.91 Å².